The summed E-state index contributed by atoms with van der Waals surface area (Å²) < 4.78 is 7.04. The average molecular weight is 753 g/mol. The molecule has 1 aromatic heterocycles. The van der Waals surface area contributed by atoms with Crippen LogP contribution in [0.4, 0.5) is 17.1 Å². The minimum absolute atomic E-state index is 0.0542. The molecule has 0 radical (unpaired) electrons. The zero-order valence-electron chi connectivity index (χ0n) is 32.2. The Hall–Kier alpha value is -6.50. The molecule has 58 heavy (non-hydrogen) atoms. The van der Waals surface area contributed by atoms with Crippen LogP contribution >= 0.6 is 0 Å². The van der Waals surface area contributed by atoms with Crippen molar-refractivity contribution in [3.05, 3.63) is 204 Å². The number of para-hydroxylation sites is 1. The van der Waals surface area contributed by atoms with Crippen LogP contribution in [-0.4, -0.2) is 6.17 Å². The van der Waals surface area contributed by atoms with Crippen LogP contribution in [0.5, 0.6) is 0 Å². The summed E-state index contributed by atoms with van der Waals surface area (Å²) in [6, 6.07) is 54.8. The van der Waals surface area contributed by atoms with Gasteiger partial charge in [-0.3, -0.25) is 16.0 Å². The number of benzene rings is 7. The summed E-state index contributed by atoms with van der Waals surface area (Å²) in [6.07, 6.45) is 14.9. The molecule has 2 aliphatic carbocycles. The molecule has 1 saturated heterocycles. The van der Waals surface area contributed by atoms with Gasteiger partial charge in [0, 0.05) is 33.4 Å². The predicted molar refractivity (Wildman–Crippen MR) is 240 cm³/mol. The number of fused-ring (bicyclic) bond motifs is 6. The fourth-order valence-corrected chi connectivity index (χ4v) is 9.23. The van der Waals surface area contributed by atoms with Gasteiger partial charge >= 0.3 is 0 Å². The lowest BCUT2D eigenvalue weighted by Crippen LogP contribution is -2.59. The molecule has 5 heteroatoms. The summed E-state index contributed by atoms with van der Waals surface area (Å²) in [5, 5.41) is 16.8. The van der Waals surface area contributed by atoms with Gasteiger partial charge in [-0.25, -0.2) is 0 Å². The minimum Gasteiger partial charge on any atom is -0.456 e. The fourth-order valence-electron chi connectivity index (χ4n) is 9.23. The van der Waals surface area contributed by atoms with Crippen LogP contribution in [0.15, 0.2) is 186 Å². The Balaban J connectivity index is 1.13. The summed E-state index contributed by atoms with van der Waals surface area (Å²) in [5.41, 5.74) is 13.7. The summed E-state index contributed by atoms with van der Waals surface area (Å²) in [6.45, 7) is 0. The zero-order valence-corrected chi connectivity index (χ0v) is 32.2. The molecule has 3 atom stereocenters. The molecule has 7 aromatic carbocycles. The highest BCUT2D eigenvalue weighted by Gasteiger charge is 2.34. The molecule has 0 saturated carbocycles. The number of hydrogen-bond acceptors (Lipinski definition) is 5. The van der Waals surface area contributed by atoms with Crippen molar-refractivity contribution in [2.24, 2.45) is 0 Å². The highest BCUT2D eigenvalue weighted by atomic mass is 16.3. The van der Waals surface area contributed by atoms with E-state index in [-0.39, 0.29) is 18.5 Å². The van der Waals surface area contributed by atoms with Gasteiger partial charge in [0.1, 0.15) is 11.2 Å². The molecule has 11 rings (SSSR count). The molecule has 0 spiro atoms. The van der Waals surface area contributed by atoms with Crippen molar-refractivity contribution in [1.29, 1.82) is 0 Å². The van der Waals surface area contributed by atoms with E-state index in [0.717, 1.165) is 64.9 Å². The molecular weight excluding hydrogens is 709 g/mol. The van der Waals surface area contributed by atoms with E-state index in [2.05, 4.69) is 203 Å². The molecule has 1 fully saturated rings. The number of allylic oxidation sites excluding steroid dienone is 4. The van der Waals surface area contributed by atoms with E-state index >= 15 is 0 Å². The molecule has 3 aliphatic rings. The van der Waals surface area contributed by atoms with E-state index in [1.54, 1.807) is 0 Å². The zero-order chi connectivity index (χ0) is 38.4. The maximum absolute atomic E-state index is 7.04. The van der Waals surface area contributed by atoms with Crippen LogP contribution < -0.4 is 20.9 Å². The highest BCUT2D eigenvalue weighted by Crippen LogP contribution is 2.45. The van der Waals surface area contributed by atoms with Crippen LogP contribution in [0.2, 0.25) is 0 Å². The van der Waals surface area contributed by atoms with Gasteiger partial charge in [-0.2, -0.15) is 0 Å². The van der Waals surface area contributed by atoms with Gasteiger partial charge in [0.25, 0.3) is 0 Å². The van der Waals surface area contributed by atoms with Crippen molar-refractivity contribution < 1.29 is 4.42 Å². The van der Waals surface area contributed by atoms with Crippen molar-refractivity contribution in [3.63, 3.8) is 0 Å². The van der Waals surface area contributed by atoms with E-state index in [0.29, 0.717) is 0 Å². The van der Waals surface area contributed by atoms with Gasteiger partial charge in [0.15, 0.2) is 0 Å². The summed E-state index contributed by atoms with van der Waals surface area (Å²) >= 11 is 0. The SMILES string of the molecule is C1=CCCC(C2NC(c3ccc4ccccc4c3)NC(c3cc(N(c4ccccc4)c4cccc(-c5ccccc5)c4)cc4c3oc3ccc5c(c34)CCC=C5)N2)=C1. The smallest absolute Gasteiger partial charge is 0.141 e. The predicted octanol–water partition coefficient (Wildman–Crippen LogP) is 12.9. The third-order valence-corrected chi connectivity index (χ3v) is 12.1. The van der Waals surface area contributed by atoms with Gasteiger partial charge in [-0.1, -0.05) is 134 Å². The summed E-state index contributed by atoms with van der Waals surface area (Å²) in [7, 11) is 0. The number of anilines is 3. The number of aryl methyl sites for hydroxylation is 1. The monoisotopic (exact) mass is 752 g/mol. The number of nitrogens with one attached hydrogen (secondary N) is 3. The Bertz CT molecular complexity index is 2910. The van der Waals surface area contributed by atoms with Crippen molar-refractivity contribution in [3.8, 4) is 11.1 Å². The van der Waals surface area contributed by atoms with E-state index in [9.17, 15) is 0 Å². The molecule has 282 valence electrons. The number of rotatable bonds is 7. The minimum atomic E-state index is -0.249. The standard InChI is InChI=1S/C53H44N4O/c1-4-15-35(16-5-1)40-22-14-25-43(32-40)57(42-23-8-3-9-24-42)44-33-46-49-45-26-13-12-18-37(45)29-30-48(49)58-50(46)47(34-44)53-55-51(38-19-6-2-7-20-38)54-52(56-53)41-28-27-36-17-10-11-21-39(36)31-41/h1-6,8-12,14-19,21-25,27-34,51-56H,7,13,20,26H2. The topological polar surface area (TPSA) is 52.5 Å². The van der Waals surface area contributed by atoms with Crippen molar-refractivity contribution in [2.75, 3.05) is 4.90 Å². The van der Waals surface area contributed by atoms with Crippen molar-refractivity contribution in [1.82, 2.24) is 16.0 Å². The normalized spacial score (nSPS) is 19.0. The second-order valence-electron chi connectivity index (χ2n) is 15.7. The number of hydrogen-bond donors (Lipinski definition) is 3. The Labute approximate surface area is 339 Å². The Morgan fingerprint density at radius 2 is 1.31 bits per heavy atom. The van der Waals surface area contributed by atoms with Crippen LogP contribution in [0.1, 0.15) is 53.8 Å². The van der Waals surface area contributed by atoms with E-state index in [4.69, 9.17) is 4.42 Å². The fraction of sp³-hybridized carbons (Fsp3) is 0.132. The molecule has 1 aliphatic heterocycles. The van der Waals surface area contributed by atoms with Crippen LogP contribution in [0.3, 0.4) is 0 Å². The summed E-state index contributed by atoms with van der Waals surface area (Å²) in [5.74, 6) is 0. The Morgan fingerprint density at radius 3 is 2.17 bits per heavy atom. The van der Waals surface area contributed by atoms with Crippen LogP contribution in [-0.2, 0) is 6.42 Å². The van der Waals surface area contributed by atoms with Gasteiger partial charge < -0.3 is 9.32 Å². The lowest BCUT2D eigenvalue weighted by atomic mass is 9.92. The first-order valence-corrected chi connectivity index (χ1v) is 20.6. The number of nitrogens with zero attached hydrogens (tertiary/aromatic N) is 1. The van der Waals surface area contributed by atoms with Gasteiger partial charge in [-0.05, 0) is 118 Å². The highest BCUT2D eigenvalue weighted by molar-refractivity contribution is 6.10. The first-order valence-electron chi connectivity index (χ1n) is 20.6. The van der Waals surface area contributed by atoms with Crippen LogP contribution in [0, 0.1) is 0 Å². The molecule has 8 aromatic rings. The van der Waals surface area contributed by atoms with E-state index < -0.39 is 0 Å². The van der Waals surface area contributed by atoms with E-state index in [1.165, 1.54) is 49.5 Å². The molecule has 3 unspecified atom stereocenters. The van der Waals surface area contributed by atoms with Crippen LogP contribution in [0.25, 0.3) is 49.9 Å². The van der Waals surface area contributed by atoms with Crippen molar-refractivity contribution >= 4 is 55.8 Å². The first kappa shape index (κ1) is 34.7. The third kappa shape index (κ3) is 6.34. The molecule has 0 amide bonds. The maximum Gasteiger partial charge on any atom is 0.141 e. The molecule has 5 nitrogen and oxygen atoms in total. The van der Waals surface area contributed by atoms with Gasteiger partial charge in [0.05, 0.1) is 18.5 Å². The third-order valence-electron chi connectivity index (χ3n) is 12.1. The Morgan fingerprint density at radius 1 is 0.552 bits per heavy atom. The number of furan rings is 1. The van der Waals surface area contributed by atoms with Gasteiger partial charge in [0.2, 0.25) is 0 Å². The first-order chi connectivity index (χ1) is 28.7. The van der Waals surface area contributed by atoms with E-state index in [1.807, 2.05) is 0 Å². The second kappa shape index (κ2) is 14.8. The summed E-state index contributed by atoms with van der Waals surface area (Å²) in [4.78, 5) is 2.40. The Kier molecular flexibility index (Phi) is 8.85. The molecule has 0 bridgehead atoms. The maximum atomic E-state index is 7.04. The lowest BCUT2D eigenvalue weighted by molar-refractivity contribution is 0.220. The molecule has 2 heterocycles. The quantitative estimate of drug-likeness (QED) is 0.151. The molecular formula is C53H44N4O. The van der Waals surface area contributed by atoms with Crippen molar-refractivity contribution in [2.45, 2.75) is 44.2 Å². The average Bonchev–Trinajstić information content (AvgIpc) is 3.69. The lowest BCUT2D eigenvalue weighted by Gasteiger charge is -2.41. The largest absolute Gasteiger partial charge is 0.456 e. The second-order valence-corrected chi connectivity index (χ2v) is 15.7. The van der Waals surface area contributed by atoms with Gasteiger partial charge in [-0.15, -0.1) is 0 Å². The molecule has 3 N–H and O–H groups in total.